The zero-order valence-corrected chi connectivity index (χ0v) is 10.9. The number of aliphatic imine (C=N–C) groups is 1. The van der Waals surface area contributed by atoms with Crippen LogP contribution in [0.25, 0.3) is 0 Å². The Bertz CT molecular complexity index is 517. The molecule has 0 saturated carbocycles. The summed E-state index contributed by atoms with van der Waals surface area (Å²) in [6, 6.07) is 4.95. The van der Waals surface area contributed by atoms with Crippen molar-refractivity contribution in [1.82, 2.24) is 0 Å². The topological polar surface area (TPSA) is 79.1 Å². The van der Waals surface area contributed by atoms with Gasteiger partial charge in [-0.2, -0.15) is 0 Å². The molecular formula is C8H6BrClNO4P. The number of hydrogen-bond acceptors (Lipinski definition) is 3. The molecule has 0 aromatic heterocycles. The molecule has 1 heterocycles. The summed E-state index contributed by atoms with van der Waals surface area (Å²) in [4.78, 5) is 21.6. The van der Waals surface area contributed by atoms with E-state index < -0.39 is 12.3 Å². The second-order valence-electron chi connectivity index (χ2n) is 3.12. The van der Waals surface area contributed by atoms with Gasteiger partial charge in [0, 0.05) is 5.56 Å². The van der Waals surface area contributed by atoms with Gasteiger partial charge in [-0.1, -0.05) is 17.7 Å². The maximum atomic E-state index is 10.9. The Balaban J connectivity index is 2.50. The van der Waals surface area contributed by atoms with Crippen molar-refractivity contribution in [2.24, 2.45) is 4.99 Å². The number of benzene rings is 1. The molecule has 1 unspecified atom stereocenters. The second-order valence-corrected chi connectivity index (χ2v) is 5.87. The van der Waals surface area contributed by atoms with Crippen molar-refractivity contribution in [3.05, 3.63) is 28.8 Å². The molecule has 1 aromatic rings. The molecule has 16 heavy (non-hydrogen) atoms. The quantitative estimate of drug-likeness (QED) is 0.647. The van der Waals surface area contributed by atoms with Crippen LogP contribution in [0.5, 0.6) is 0 Å². The molecule has 5 nitrogen and oxygen atoms in total. The Morgan fingerprint density at radius 3 is 2.81 bits per heavy atom. The van der Waals surface area contributed by atoms with Gasteiger partial charge in [0.15, 0.2) is 4.51 Å². The number of hydrogen-bond donors (Lipinski definition) is 2. The highest BCUT2D eigenvalue weighted by Crippen LogP contribution is 2.53. The zero-order chi connectivity index (χ0) is 12.0. The summed E-state index contributed by atoms with van der Waals surface area (Å²) in [7, 11) is -4.65. The lowest BCUT2D eigenvalue weighted by Gasteiger charge is -2.21. The van der Waals surface area contributed by atoms with Crippen LogP contribution in [0, 0.1) is 0 Å². The molecule has 2 N–H and O–H groups in total. The van der Waals surface area contributed by atoms with E-state index in [2.05, 4.69) is 25.4 Å². The number of fused-ring (bicyclic) bond motifs is 1. The molecule has 0 spiro atoms. The molecule has 1 aliphatic rings. The predicted molar refractivity (Wildman–Crippen MR) is 63.3 cm³/mol. The highest BCUT2D eigenvalue weighted by Gasteiger charge is 2.42. The Hall–Kier alpha value is -0.230. The van der Waals surface area contributed by atoms with Crippen LogP contribution in [0.3, 0.4) is 0 Å². The van der Waals surface area contributed by atoms with Gasteiger partial charge in [-0.15, -0.1) is 0 Å². The summed E-state index contributed by atoms with van der Waals surface area (Å²) in [5.74, 6) is 0. The SMILES string of the molecule is O=P(O)(O)OC1(Br)C=Nc2cccc(Cl)c21. The fourth-order valence-corrected chi connectivity index (χ4v) is 3.41. The first kappa shape index (κ1) is 12.2. The number of phosphoric ester groups is 1. The van der Waals surface area contributed by atoms with Crippen molar-refractivity contribution in [3.8, 4) is 0 Å². The molecule has 1 atom stereocenters. The van der Waals surface area contributed by atoms with Gasteiger partial charge in [0.25, 0.3) is 0 Å². The van der Waals surface area contributed by atoms with Crippen molar-refractivity contribution >= 4 is 47.3 Å². The first-order valence-electron chi connectivity index (χ1n) is 4.11. The summed E-state index contributed by atoms with van der Waals surface area (Å²) in [6.45, 7) is 0. The molecular weight excluding hydrogens is 320 g/mol. The Kier molecular flexibility index (Phi) is 2.99. The highest BCUT2D eigenvalue weighted by atomic mass is 79.9. The van der Waals surface area contributed by atoms with E-state index in [0.29, 0.717) is 16.3 Å². The lowest BCUT2D eigenvalue weighted by Crippen LogP contribution is -2.20. The Morgan fingerprint density at radius 1 is 1.50 bits per heavy atom. The molecule has 0 radical (unpaired) electrons. The third-order valence-corrected chi connectivity index (χ3v) is 3.81. The molecule has 0 fully saturated rings. The van der Waals surface area contributed by atoms with Crippen LogP contribution < -0.4 is 0 Å². The number of halogens is 2. The van der Waals surface area contributed by atoms with Gasteiger partial charge in [0.1, 0.15) is 0 Å². The van der Waals surface area contributed by atoms with Gasteiger partial charge in [-0.25, -0.2) is 4.57 Å². The molecule has 0 bridgehead atoms. The van der Waals surface area contributed by atoms with Gasteiger partial charge >= 0.3 is 7.82 Å². The van der Waals surface area contributed by atoms with Crippen molar-refractivity contribution in [2.45, 2.75) is 4.51 Å². The lowest BCUT2D eigenvalue weighted by atomic mass is 10.1. The van der Waals surface area contributed by atoms with Gasteiger partial charge in [-0.05, 0) is 28.1 Å². The zero-order valence-electron chi connectivity index (χ0n) is 7.67. The summed E-state index contributed by atoms with van der Waals surface area (Å²) >= 11 is 9.02. The maximum Gasteiger partial charge on any atom is 0.471 e. The van der Waals surface area contributed by atoms with E-state index in [-0.39, 0.29) is 0 Å². The number of nitrogens with zero attached hydrogens (tertiary/aromatic N) is 1. The Labute approximate surface area is 104 Å². The molecule has 2 rings (SSSR count). The van der Waals surface area contributed by atoms with E-state index in [9.17, 15) is 4.57 Å². The van der Waals surface area contributed by atoms with Gasteiger partial charge in [0.2, 0.25) is 0 Å². The average molecular weight is 326 g/mol. The predicted octanol–water partition coefficient (Wildman–Crippen LogP) is 2.71. The first-order chi connectivity index (χ1) is 7.32. The van der Waals surface area contributed by atoms with Gasteiger partial charge in [-0.3, -0.25) is 9.52 Å². The largest absolute Gasteiger partial charge is 0.471 e. The molecule has 0 aliphatic carbocycles. The van der Waals surface area contributed by atoms with Crippen LogP contribution in [0.2, 0.25) is 5.02 Å². The minimum absolute atomic E-state index is 0.320. The molecule has 1 aliphatic heterocycles. The van der Waals surface area contributed by atoms with Crippen LogP contribution >= 0.6 is 35.4 Å². The minimum Gasteiger partial charge on any atom is -0.303 e. The Morgan fingerprint density at radius 2 is 2.19 bits per heavy atom. The third-order valence-electron chi connectivity index (χ3n) is 1.95. The van der Waals surface area contributed by atoms with Gasteiger partial charge < -0.3 is 9.79 Å². The number of rotatable bonds is 2. The van der Waals surface area contributed by atoms with E-state index >= 15 is 0 Å². The molecule has 86 valence electrons. The summed E-state index contributed by atoms with van der Waals surface area (Å²) in [6.07, 6.45) is 1.25. The molecule has 0 saturated heterocycles. The standard InChI is InChI=1S/C8H6BrClNO4P/c9-8(15-16(12,13)14)4-11-6-3-1-2-5(10)7(6)8/h1-4H,(H2,12,13,14). The monoisotopic (exact) mass is 325 g/mol. The van der Waals surface area contributed by atoms with Crippen LogP contribution in [0.4, 0.5) is 5.69 Å². The molecule has 0 amide bonds. The van der Waals surface area contributed by atoms with Crippen molar-refractivity contribution in [3.63, 3.8) is 0 Å². The lowest BCUT2D eigenvalue weighted by molar-refractivity contribution is 0.161. The first-order valence-corrected chi connectivity index (χ1v) is 6.81. The van der Waals surface area contributed by atoms with Crippen LogP contribution in [-0.2, 0) is 13.6 Å². The normalized spacial score (nSPS) is 23.5. The molecule has 8 heteroatoms. The van der Waals surface area contributed by atoms with Crippen LogP contribution in [0.15, 0.2) is 23.2 Å². The molecule has 1 aromatic carbocycles. The van der Waals surface area contributed by atoms with Crippen molar-refractivity contribution in [1.29, 1.82) is 0 Å². The average Bonchev–Trinajstić information content (AvgIpc) is 2.41. The summed E-state index contributed by atoms with van der Waals surface area (Å²) < 4.78 is 14.0. The van der Waals surface area contributed by atoms with Crippen LogP contribution in [-0.4, -0.2) is 16.0 Å². The summed E-state index contributed by atoms with van der Waals surface area (Å²) in [5, 5.41) is 0.320. The smallest absolute Gasteiger partial charge is 0.303 e. The second kappa shape index (κ2) is 3.91. The van der Waals surface area contributed by atoms with E-state index in [0.717, 1.165) is 0 Å². The van der Waals surface area contributed by atoms with E-state index in [1.165, 1.54) is 6.21 Å². The van der Waals surface area contributed by atoms with E-state index in [1.807, 2.05) is 0 Å². The summed E-state index contributed by atoms with van der Waals surface area (Å²) in [5.41, 5.74) is 0.901. The third kappa shape index (κ3) is 2.22. The fraction of sp³-hybridized carbons (Fsp3) is 0.125. The van der Waals surface area contributed by atoms with E-state index in [1.54, 1.807) is 18.2 Å². The fourth-order valence-electron chi connectivity index (χ4n) is 1.42. The van der Waals surface area contributed by atoms with E-state index in [4.69, 9.17) is 21.4 Å². The van der Waals surface area contributed by atoms with Crippen molar-refractivity contribution in [2.75, 3.05) is 0 Å². The van der Waals surface area contributed by atoms with Gasteiger partial charge in [0.05, 0.1) is 16.9 Å². The minimum atomic E-state index is -4.65. The number of phosphoric acid groups is 1. The van der Waals surface area contributed by atoms with Crippen molar-refractivity contribution < 1.29 is 18.9 Å². The highest BCUT2D eigenvalue weighted by molar-refractivity contribution is 9.10. The van der Waals surface area contributed by atoms with Crippen LogP contribution in [0.1, 0.15) is 5.56 Å². The maximum absolute atomic E-state index is 10.9. The number of alkyl halides is 1.